The summed E-state index contributed by atoms with van der Waals surface area (Å²) in [7, 11) is 2.03. The monoisotopic (exact) mass is 385 g/mol. The number of piperidine rings is 1. The zero-order chi connectivity index (χ0) is 19.5. The topological polar surface area (TPSA) is 89.3 Å². The van der Waals surface area contributed by atoms with Gasteiger partial charge in [-0.15, -0.1) is 10.2 Å². The number of hydrogen-bond donors (Lipinski definition) is 0. The van der Waals surface area contributed by atoms with E-state index >= 15 is 0 Å². The SMILES string of the molecule is Cc1ncncc1C(=O)N1CCC[C@@H](c2nnc(CN3CCOCC3)n2C)C1. The van der Waals surface area contributed by atoms with E-state index in [1.807, 2.05) is 18.9 Å². The summed E-state index contributed by atoms with van der Waals surface area (Å²) >= 11 is 0. The number of ether oxygens (including phenoxy) is 1. The molecule has 0 spiro atoms. The third-order valence-corrected chi connectivity index (χ3v) is 5.68. The lowest BCUT2D eigenvalue weighted by molar-refractivity contribution is 0.0326. The molecule has 0 aliphatic carbocycles. The molecule has 2 aromatic heterocycles. The van der Waals surface area contributed by atoms with Gasteiger partial charge in [0.2, 0.25) is 0 Å². The van der Waals surface area contributed by atoms with E-state index in [0.717, 1.165) is 63.9 Å². The average molecular weight is 385 g/mol. The number of aromatic nitrogens is 5. The van der Waals surface area contributed by atoms with Gasteiger partial charge in [0, 0.05) is 45.3 Å². The molecule has 0 unspecified atom stereocenters. The molecule has 0 saturated carbocycles. The Morgan fingerprint density at radius 1 is 1.25 bits per heavy atom. The van der Waals surface area contributed by atoms with Crippen LogP contribution in [-0.4, -0.2) is 79.8 Å². The fourth-order valence-corrected chi connectivity index (χ4v) is 3.97. The Morgan fingerprint density at radius 2 is 2.07 bits per heavy atom. The van der Waals surface area contributed by atoms with Crippen LogP contribution in [0.4, 0.5) is 0 Å². The van der Waals surface area contributed by atoms with Gasteiger partial charge in [0.15, 0.2) is 0 Å². The summed E-state index contributed by atoms with van der Waals surface area (Å²) in [6.07, 6.45) is 5.05. The van der Waals surface area contributed by atoms with E-state index in [0.29, 0.717) is 17.8 Å². The van der Waals surface area contributed by atoms with Crippen LogP contribution in [0.1, 0.15) is 46.5 Å². The maximum Gasteiger partial charge on any atom is 0.257 e. The van der Waals surface area contributed by atoms with Gasteiger partial charge < -0.3 is 14.2 Å². The average Bonchev–Trinajstić information content (AvgIpc) is 3.09. The van der Waals surface area contributed by atoms with Crippen LogP contribution in [-0.2, 0) is 18.3 Å². The van der Waals surface area contributed by atoms with Crippen LogP contribution >= 0.6 is 0 Å². The van der Waals surface area contributed by atoms with Gasteiger partial charge in [-0.25, -0.2) is 9.97 Å². The number of morpholine rings is 1. The summed E-state index contributed by atoms with van der Waals surface area (Å²) in [5, 5.41) is 8.92. The highest BCUT2D eigenvalue weighted by atomic mass is 16.5. The van der Waals surface area contributed by atoms with Crippen LogP contribution < -0.4 is 0 Å². The fraction of sp³-hybridized carbons (Fsp3) is 0.632. The van der Waals surface area contributed by atoms with E-state index in [1.165, 1.54) is 6.33 Å². The summed E-state index contributed by atoms with van der Waals surface area (Å²) in [4.78, 5) is 25.3. The highest BCUT2D eigenvalue weighted by molar-refractivity contribution is 5.95. The van der Waals surface area contributed by atoms with Crippen molar-refractivity contribution in [3.8, 4) is 0 Å². The Kier molecular flexibility index (Phi) is 5.63. The Balaban J connectivity index is 1.46. The van der Waals surface area contributed by atoms with Gasteiger partial charge in [-0.1, -0.05) is 0 Å². The molecule has 1 amide bonds. The minimum Gasteiger partial charge on any atom is -0.379 e. The molecule has 4 heterocycles. The number of hydrogen-bond acceptors (Lipinski definition) is 7. The maximum atomic E-state index is 12.9. The number of nitrogens with zero attached hydrogens (tertiary/aromatic N) is 7. The van der Waals surface area contributed by atoms with Gasteiger partial charge in [0.1, 0.15) is 18.0 Å². The lowest BCUT2D eigenvalue weighted by Gasteiger charge is -2.32. The Morgan fingerprint density at radius 3 is 2.86 bits per heavy atom. The molecule has 0 aromatic carbocycles. The van der Waals surface area contributed by atoms with Crippen molar-refractivity contribution in [1.82, 2.24) is 34.5 Å². The Labute approximate surface area is 164 Å². The van der Waals surface area contributed by atoms with Gasteiger partial charge >= 0.3 is 0 Å². The van der Waals surface area contributed by atoms with Crippen LogP contribution in [0.3, 0.4) is 0 Å². The molecule has 4 rings (SSSR count). The second-order valence-corrected chi connectivity index (χ2v) is 7.53. The van der Waals surface area contributed by atoms with Crippen molar-refractivity contribution in [2.75, 3.05) is 39.4 Å². The van der Waals surface area contributed by atoms with Crippen molar-refractivity contribution in [3.05, 3.63) is 35.4 Å². The van der Waals surface area contributed by atoms with Crippen molar-refractivity contribution in [2.45, 2.75) is 32.2 Å². The van der Waals surface area contributed by atoms with Gasteiger partial charge in [0.05, 0.1) is 31.0 Å². The first-order chi connectivity index (χ1) is 13.6. The molecule has 2 fully saturated rings. The lowest BCUT2D eigenvalue weighted by atomic mass is 9.96. The molecule has 0 N–H and O–H groups in total. The summed E-state index contributed by atoms with van der Waals surface area (Å²) in [5.41, 5.74) is 1.29. The molecule has 2 saturated heterocycles. The van der Waals surface area contributed by atoms with Gasteiger partial charge in [-0.2, -0.15) is 0 Å². The van der Waals surface area contributed by atoms with Crippen molar-refractivity contribution < 1.29 is 9.53 Å². The van der Waals surface area contributed by atoms with E-state index in [9.17, 15) is 4.79 Å². The van der Waals surface area contributed by atoms with Crippen molar-refractivity contribution in [1.29, 1.82) is 0 Å². The van der Waals surface area contributed by atoms with E-state index in [4.69, 9.17) is 4.74 Å². The summed E-state index contributed by atoms with van der Waals surface area (Å²) in [6.45, 7) is 7.41. The largest absolute Gasteiger partial charge is 0.379 e. The Hall–Kier alpha value is -2.39. The minimum atomic E-state index is -0.00138. The standard InChI is InChI=1S/C19H27N7O2/c1-14-16(10-20-13-21-14)19(27)26-5-3-4-15(11-26)18-23-22-17(24(18)2)12-25-6-8-28-9-7-25/h10,13,15H,3-9,11-12H2,1-2H3/t15-/m1/s1. The Bertz CT molecular complexity index is 831. The van der Waals surface area contributed by atoms with Gasteiger partial charge in [-0.3, -0.25) is 9.69 Å². The number of likely N-dealkylation sites (tertiary alicyclic amines) is 1. The van der Waals surface area contributed by atoms with Crippen LogP contribution in [0.5, 0.6) is 0 Å². The van der Waals surface area contributed by atoms with E-state index < -0.39 is 0 Å². The van der Waals surface area contributed by atoms with Crippen molar-refractivity contribution in [3.63, 3.8) is 0 Å². The molecular formula is C19H27N7O2. The lowest BCUT2D eigenvalue weighted by Crippen LogP contribution is -2.40. The number of carbonyl (C=O) groups is 1. The predicted molar refractivity (Wildman–Crippen MR) is 102 cm³/mol. The first-order valence-corrected chi connectivity index (χ1v) is 9.87. The summed E-state index contributed by atoms with van der Waals surface area (Å²) < 4.78 is 7.52. The zero-order valence-electron chi connectivity index (χ0n) is 16.5. The molecule has 9 nitrogen and oxygen atoms in total. The third kappa shape index (κ3) is 3.90. The molecular weight excluding hydrogens is 358 g/mol. The molecule has 28 heavy (non-hydrogen) atoms. The van der Waals surface area contributed by atoms with Gasteiger partial charge in [-0.05, 0) is 19.8 Å². The molecule has 2 aromatic rings. The quantitative estimate of drug-likeness (QED) is 0.768. The smallest absolute Gasteiger partial charge is 0.257 e. The fourth-order valence-electron chi connectivity index (χ4n) is 3.97. The first kappa shape index (κ1) is 18.9. The molecule has 150 valence electrons. The highest BCUT2D eigenvalue weighted by Crippen LogP contribution is 2.27. The maximum absolute atomic E-state index is 12.9. The molecule has 2 aliphatic rings. The van der Waals surface area contributed by atoms with Gasteiger partial charge in [0.25, 0.3) is 5.91 Å². The number of rotatable bonds is 4. The zero-order valence-corrected chi connectivity index (χ0v) is 16.5. The number of carbonyl (C=O) groups excluding carboxylic acids is 1. The predicted octanol–water partition coefficient (Wildman–Crippen LogP) is 0.766. The molecule has 9 heteroatoms. The van der Waals surface area contributed by atoms with Crippen LogP contribution in [0.15, 0.2) is 12.5 Å². The molecule has 2 aliphatic heterocycles. The molecule has 0 bridgehead atoms. The van der Waals surface area contributed by atoms with Crippen LogP contribution in [0.25, 0.3) is 0 Å². The minimum absolute atomic E-state index is 0.00138. The van der Waals surface area contributed by atoms with Crippen LogP contribution in [0.2, 0.25) is 0 Å². The van der Waals surface area contributed by atoms with Crippen molar-refractivity contribution in [2.24, 2.45) is 7.05 Å². The molecule has 0 radical (unpaired) electrons. The van der Waals surface area contributed by atoms with E-state index in [2.05, 4.69) is 29.6 Å². The van der Waals surface area contributed by atoms with Crippen molar-refractivity contribution >= 4 is 5.91 Å². The molecule has 1 atom stereocenters. The second-order valence-electron chi connectivity index (χ2n) is 7.53. The second kappa shape index (κ2) is 8.32. The normalized spacial score (nSPS) is 21.1. The van der Waals surface area contributed by atoms with E-state index in [-0.39, 0.29) is 11.8 Å². The summed E-state index contributed by atoms with van der Waals surface area (Å²) in [6, 6.07) is 0. The summed E-state index contributed by atoms with van der Waals surface area (Å²) in [5.74, 6) is 2.12. The first-order valence-electron chi connectivity index (χ1n) is 9.87. The third-order valence-electron chi connectivity index (χ3n) is 5.68. The van der Waals surface area contributed by atoms with Crippen LogP contribution in [0, 0.1) is 6.92 Å². The number of aryl methyl sites for hydroxylation is 1. The highest BCUT2D eigenvalue weighted by Gasteiger charge is 2.30. The van der Waals surface area contributed by atoms with E-state index in [1.54, 1.807) is 6.20 Å². The number of amides is 1.